The number of H-pyrrole nitrogens is 1. The number of hydrogen-bond donors (Lipinski definition) is 3. The van der Waals surface area contributed by atoms with Crippen LogP contribution in [0.4, 0.5) is 0 Å². The zero-order valence-electron chi connectivity index (χ0n) is 20.0. The van der Waals surface area contributed by atoms with Gasteiger partial charge in [0, 0.05) is 49.3 Å². The van der Waals surface area contributed by atoms with Gasteiger partial charge >= 0.3 is 0 Å². The molecule has 0 bridgehead atoms. The molecule has 2 atom stereocenters. The Bertz CT molecular complexity index is 1170. The number of amides is 3. The van der Waals surface area contributed by atoms with Crippen LogP contribution in [0.1, 0.15) is 31.9 Å². The second-order valence-corrected chi connectivity index (χ2v) is 8.71. The van der Waals surface area contributed by atoms with Gasteiger partial charge < -0.3 is 20.5 Å². The first-order valence-corrected chi connectivity index (χ1v) is 11.4. The summed E-state index contributed by atoms with van der Waals surface area (Å²) in [5.41, 5.74) is 2.90. The van der Waals surface area contributed by atoms with Crippen molar-refractivity contribution in [2.24, 2.45) is 5.92 Å². The first-order chi connectivity index (χ1) is 16.3. The topological polar surface area (TPSA) is 94.3 Å². The highest BCUT2D eigenvalue weighted by molar-refractivity contribution is 5.93. The second-order valence-electron chi connectivity index (χ2n) is 8.71. The summed E-state index contributed by atoms with van der Waals surface area (Å²) >= 11 is 0. The number of benzene rings is 2. The molecule has 0 unspecified atom stereocenters. The molecule has 0 saturated carbocycles. The maximum absolute atomic E-state index is 13.3. The molecule has 3 rings (SSSR count). The lowest BCUT2D eigenvalue weighted by molar-refractivity contribution is -0.142. The fourth-order valence-electron chi connectivity index (χ4n) is 3.89. The third-order valence-electron chi connectivity index (χ3n) is 5.79. The molecule has 0 fully saturated rings. The normalized spacial score (nSPS) is 13.1. The summed E-state index contributed by atoms with van der Waals surface area (Å²) in [4.78, 5) is 42.8. The van der Waals surface area contributed by atoms with Crippen molar-refractivity contribution in [2.75, 3.05) is 7.05 Å². The highest BCUT2D eigenvalue weighted by Gasteiger charge is 2.33. The summed E-state index contributed by atoms with van der Waals surface area (Å²) in [6.45, 7) is 5.11. The van der Waals surface area contributed by atoms with E-state index in [1.54, 1.807) is 13.2 Å². The maximum Gasteiger partial charge on any atom is 0.247 e. The van der Waals surface area contributed by atoms with Crippen molar-refractivity contribution in [3.8, 4) is 0 Å². The van der Waals surface area contributed by atoms with Crippen LogP contribution >= 0.6 is 0 Å². The van der Waals surface area contributed by atoms with Gasteiger partial charge in [-0.25, -0.2) is 0 Å². The molecule has 0 aliphatic carbocycles. The average molecular weight is 461 g/mol. The van der Waals surface area contributed by atoms with E-state index in [0.29, 0.717) is 6.42 Å². The Morgan fingerprint density at radius 1 is 1.03 bits per heavy atom. The van der Waals surface area contributed by atoms with Crippen LogP contribution in [0.15, 0.2) is 67.0 Å². The van der Waals surface area contributed by atoms with Crippen molar-refractivity contribution in [3.63, 3.8) is 0 Å². The minimum atomic E-state index is -0.752. The number of carbonyl (C=O) groups is 3. The highest BCUT2D eigenvalue weighted by atomic mass is 16.2. The number of rotatable bonds is 9. The Kier molecular flexibility index (Phi) is 8.24. The molecule has 7 nitrogen and oxygen atoms in total. The number of aromatic amines is 1. The van der Waals surface area contributed by atoms with E-state index in [2.05, 4.69) is 15.6 Å². The van der Waals surface area contributed by atoms with Crippen LogP contribution in [-0.4, -0.2) is 46.7 Å². The summed E-state index contributed by atoms with van der Waals surface area (Å²) in [6, 6.07) is 16.0. The Balaban J connectivity index is 1.80. The molecular formula is C27H32N4O3. The number of fused-ring (bicyclic) bond motifs is 1. The molecule has 3 aromatic rings. The van der Waals surface area contributed by atoms with E-state index >= 15 is 0 Å². The van der Waals surface area contributed by atoms with E-state index in [0.717, 1.165) is 22.0 Å². The molecular weight excluding hydrogens is 428 g/mol. The van der Waals surface area contributed by atoms with Gasteiger partial charge in [0.1, 0.15) is 12.1 Å². The Morgan fingerprint density at radius 3 is 2.38 bits per heavy atom. The van der Waals surface area contributed by atoms with Crippen LogP contribution < -0.4 is 10.6 Å². The molecule has 7 heteroatoms. The lowest BCUT2D eigenvalue weighted by Gasteiger charge is -2.32. The molecule has 3 N–H and O–H groups in total. The smallest absolute Gasteiger partial charge is 0.247 e. The Labute approximate surface area is 200 Å². The van der Waals surface area contributed by atoms with Crippen LogP contribution in [0.2, 0.25) is 0 Å². The first-order valence-electron chi connectivity index (χ1n) is 11.4. The molecule has 1 aromatic heterocycles. The molecule has 0 aliphatic heterocycles. The summed E-state index contributed by atoms with van der Waals surface area (Å²) in [6.07, 6.45) is 5.65. The molecule has 34 heavy (non-hydrogen) atoms. The molecule has 0 spiro atoms. The van der Waals surface area contributed by atoms with Crippen molar-refractivity contribution in [1.29, 1.82) is 0 Å². The van der Waals surface area contributed by atoms with Crippen molar-refractivity contribution in [3.05, 3.63) is 78.1 Å². The van der Waals surface area contributed by atoms with Gasteiger partial charge in [0.25, 0.3) is 0 Å². The fraction of sp³-hybridized carbons (Fsp3) is 0.296. The maximum atomic E-state index is 13.3. The van der Waals surface area contributed by atoms with Gasteiger partial charge in [-0.3, -0.25) is 14.4 Å². The van der Waals surface area contributed by atoms with Crippen LogP contribution in [-0.2, 0) is 20.8 Å². The third kappa shape index (κ3) is 6.13. The van der Waals surface area contributed by atoms with E-state index in [1.165, 1.54) is 11.8 Å². The van der Waals surface area contributed by atoms with Gasteiger partial charge in [0.15, 0.2) is 0 Å². The van der Waals surface area contributed by atoms with Gasteiger partial charge in [0.05, 0.1) is 0 Å². The summed E-state index contributed by atoms with van der Waals surface area (Å²) in [5, 5.41) is 6.61. The number of nitrogens with one attached hydrogen (secondary N) is 3. The molecule has 0 radical (unpaired) electrons. The summed E-state index contributed by atoms with van der Waals surface area (Å²) < 4.78 is 0. The largest absolute Gasteiger partial charge is 0.361 e. The number of hydrogen-bond acceptors (Lipinski definition) is 3. The monoisotopic (exact) mass is 460 g/mol. The molecule has 1 heterocycles. The van der Waals surface area contributed by atoms with Crippen molar-refractivity contribution in [2.45, 2.75) is 39.3 Å². The van der Waals surface area contributed by atoms with E-state index in [1.807, 2.05) is 80.7 Å². The lowest BCUT2D eigenvalue weighted by Crippen LogP contribution is -2.55. The zero-order chi connectivity index (χ0) is 24.7. The number of likely N-dealkylation sites (N-methyl/N-ethyl adjacent to an activating group) is 1. The van der Waals surface area contributed by atoms with Gasteiger partial charge in [-0.2, -0.15) is 0 Å². The van der Waals surface area contributed by atoms with Crippen molar-refractivity contribution >= 4 is 34.7 Å². The molecule has 2 aromatic carbocycles. The number of para-hydroxylation sites is 1. The Hall–Kier alpha value is -3.87. The lowest BCUT2D eigenvalue weighted by atomic mass is 9.99. The number of nitrogens with zero attached hydrogens (tertiary/aromatic N) is 1. The first kappa shape index (κ1) is 24.8. The summed E-state index contributed by atoms with van der Waals surface area (Å²) in [7, 11) is 1.61. The van der Waals surface area contributed by atoms with Crippen LogP contribution in [0.3, 0.4) is 0 Å². The predicted octanol–water partition coefficient (Wildman–Crippen LogP) is 3.49. The van der Waals surface area contributed by atoms with Crippen LogP contribution in [0.25, 0.3) is 17.0 Å². The van der Waals surface area contributed by atoms with Gasteiger partial charge in [-0.15, -0.1) is 0 Å². The van der Waals surface area contributed by atoms with E-state index in [4.69, 9.17) is 0 Å². The molecule has 3 amide bonds. The Morgan fingerprint density at radius 2 is 1.71 bits per heavy atom. The molecule has 0 aliphatic rings. The quantitative estimate of drug-likeness (QED) is 0.456. The third-order valence-corrected chi connectivity index (χ3v) is 5.79. The number of carbonyl (C=O) groups excluding carboxylic acids is 3. The van der Waals surface area contributed by atoms with E-state index in [-0.39, 0.29) is 23.6 Å². The highest BCUT2D eigenvalue weighted by Crippen LogP contribution is 2.19. The minimum Gasteiger partial charge on any atom is -0.361 e. The second kappa shape index (κ2) is 11.3. The van der Waals surface area contributed by atoms with E-state index < -0.39 is 12.1 Å². The van der Waals surface area contributed by atoms with Gasteiger partial charge in [-0.1, -0.05) is 62.4 Å². The van der Waals surface area contributed by atoms with Crippen molar-refractivity contribution < 1.29 is 14.4 Å². The predicted molar refractivity (Wildman–Crippen MR) is 135 cm³/mol. The van der Waals surface area contributed by atoms with E-state index in [9.17, 15) is 14.4 Å². The standard InChI is InChI=1S/C27H32N4O3/c1-18(2)25(30-19(3)32)27(34)31(4)24(16-20-10-6-5-7-11-20)26(33)28-15-14-21-17-29-23-13-9-8-12-22(21)23/h5-15,17-18,24-25,29H,16H2,1-4H3,(H,28,33)(H,30,32)/b15-14-/t24-,25-/m0/s1. The van der Waals surface area contributed by atoms with Crippen LogP contribution in [0.5, 0.6) is 0 Å². The molecule has 0 saturated heterocycles. The summed E-state index contributed by atoms with van der Waals surface area (Å²) in [5.74, 6) is -1.02. The average Bonchev–Trinajstić information content (AvgIpc) is 3.23. The molecule has 178 valence electrons. The van der Waals surface area contributed by atoms with Crippen LogP contribution in [0, 0.1) is 5.92 Å². The van der Waals surface area contributed by atoms with Crippen molar-refractivity contribution in [1.82, 2.24) is 20.5 Å². The van der Waals surface area contributed by atoms with Gasteiger partial charge in [0.2, 0.25) is 17.7 Å². The minimum absolute atomic E-state index is 0.124. The fourth-order valence-corrected chi connectivity index (χ4v) is 3.89. The van der Waals surface area contributed by atoms with Gasteiger partial charge in [-0.05, 0) is 23.6 Å². The zero-order valence-corrected chi connectivity index (χ0v) is 20.0. The SMILES string of the molecule is CC(=O)N[C@H](C(=O)N(C)[C@@H](Cc1ccccc1)C(=O)N/C=C\c1c[nH]c2ccccc12)C(C)C. The number of aromatic nitrogens is 1.